The predicted molar refractivity (Wildman–Crippen MR) is 79.1 cm³/mol. The monoisotopic (exact) mass is 269 g/mol. The Morgan fingerprint density at radius 1 is 1.44 bits per heavy atom. The van der Waals surface area contributed by atoms with Gasteiger partial charge >= 0.3 is 0 Å². The molecular weight excluding hydrogens is 242 g/mol. The lowest BCUT2D eigenvalue weighted by Gasteiger charge is -2.39. The molecule has 0 amide bonds. The van der Waals surface area contributed by atoms with E-state index in [1.165, 1.54) is 25.3 Å². The zero-order valence-corrected chi connectivity index (χ0v) is 12.9. The average molecular weight is 269 g/mol. The van der Waals surface area contributed by atoms with Crippen LogP contribution in [0, 0.1) is 11.3 Å². The van der Waals surface area contributed by atoms with Crippen LogP contribution < -0.4 is 0 Å². The lowest BCUT2D eigenvalue weighted by atomic mass is 9.71. The highest BCUT2D eigenvalue weighted by atomic mass is 32.2. The SMILES string of the molecule is CCC1CN(CC2CC(C)(C)CCC2=O)CCS1. The van der Waals surface area contributed by atoms with Crippen LogP contribution in [0.5, 0.6) is 0 Å². The van der Waals surface area contributed by atoms with Crippen molar-refractivity contribution in [1.29, 1.82) is 0 Å². The summed E-state index contributed by atoms with van der Waals surface area (Å²) < 4.78 is 0. The van der Waals surface area contributed by atoms with Gasteiger partial charge in [-0.1, -0.05) is 20.8 Å². The van der Waals surface area contributed by atoms with E-state index in [1.807, 2.05) is 0 Å². The molecule has 2 fully saturated rings. The number of thioether (sulfide) groups is 1. The molecule has 2 aliphatic rings. The summed E-state index contributed by atoms with van der Waals surface area (Å²) in [5.41, 5.74) is 0.368. The second-order valence-electron chi connectivity index (χ2n) is 6.69. The van der Waals surface area contributed by atoms with Gasteiger partial charge < -0.3 is 4.90 Å². The van der Waals surface area contributed by atoms with Gasteiger partial charge in [0.15, 0.2) is 0 Å². The van der Waals surface area contributed by atoms with Gasteiger partial charge in [-0.05, 0) is 24.7 Å². The van der Waals surface area contributed by atoms with Gasteiger partial charge in [-0.2, -0.15) is 11.8 Å². The van der Waals surface area contributed by atoms with Crippen molar-refractivity contribution in [2.24, 2.45) is 11.3 Å². The zero-order chi connectivity index (χ0) is 13.2. The van der Waals surface area contributed by atoms with E-state index in [4.69, 9.17) is 0 Å². The Hall–Kier alpha value is -0.0200. The molecule has 2 nitrogen and oxygen atoms in total. The van der Waals surface area contributed by atoms with Crippen LogP contribution in [0.4, 0.5) is 0 Å². The average Bonchev–Trinajstić information content (AvgIpc) is 2.34. The summed E-state index contributed by atoms with van der Waals surface area (Å²) in [5.74, 6) is 2.05. The Labute approximate surface area is 116 Å². The summed E-state index contributed by atoms with van der Waals surface area (Å²) in [7, 11) is 0. The molecule has 1 saturated heterocycles. The van der Waals surface area contributed by atoms with Crippen LogP contribution in [0.15, 0.2) is 0 Å². The molecule has 0 bridgehead atoms. The van der Waals surface area contributed by atoms with E-state index in [-0.39, 0.29) is 0 Å². The number of rotatable bonds is 3. The van der Waals surface area contributed by atoms with Crippen molar-refractivity contribution < 1.29 is 4.79 Å². The van der Waals surface area contributed by atoms with Crippen LogP contribution >= 0.6 is 11.8 Å². The minimum atomic E-state index is 0.300. The molecule has 1 saturated carbocycles. The number of carbonyl (C=O) groups is 1. The van der Waals surface area contributed by atoms with E-state index in [0.29, 0.717) is 17.1 Å². The second-order valence-corrected chi connectivity index (χ2v) is 8.10. The predicted octanol–water partition coefficient (Wildman–Crippen LogP) is 3.21. The highest BCUT2D eigenvalue weighted by molar-refractivity contribution is 8.00. The van der Waals surface area contributed by atoms with Gasteiger partial charge in [0, 0.05) is 43.0 Å². The van der Waals surface area contributed by atoms with Gasteiger partial charge in [0.05, 0.1) is 0 Å². The Kier molecular flexibility index (Phi) is 4.76. The smallest absolute Gasteiger partial charge is 0.137 e. The topological polar surface area (TPSA) is 20.3 Å². The summed E-state index contributed by atoms with van der Waals surface area (Å²) >= 11 is 2.10. The number of ketones is 1. The van der Waals surface area contributed by atoms with Crippen molar-refractivity contribution in [3.8, 4) is 0 Å². The summed E-state index contributed by atoms with van der Waals surface area (Å²) in [4.78, 5) is 14.6. The number of hydrogen-bond donors (Lipinski definition) is 0. The molecule has 0 spiro atoms. The highest BCUT2D eigenvalue weighted by Crippen LogP contribution is 2.37. The molecule has 18 heavy (non-hydrogen) atoms. The molecule has 1 aliphatic carbocycles. The molecule has 1 heterocycles. The molecule has 1 aliphatic heterocycles. The molecular formula is C15H27NOS. The van der Waals surface area contributed by atoms with Crippen LogP contribution in [0.3, 0.4) is 0 Å². The van der Waals surface area contributed by atoms with E-state index in [0.717, 1.165) is 31.1 Å². The molecule has 0 aromatic carbocycles. The standard InChI is InChI=1S/C15H27NOS/c1-4-13-11-16(7-8-18-13)10-12-9-15(2,3)6-5-14(12)17/h12-13H,4-11H2,1-3H3. The van der Waals surface area contributed by atoms with Crippen LogP contribution in [0.2, 0.25) is 0 Å². The molecule has 0 radical (unpaired) electrons. The van der Waals surface area contributed by atoms with Crippen molar-refractivity contribution in [2.45, 2.75) is 51.7 Å². The summed E-state index contributed by atoms with van der Waals surface area (Å²) in [6, 6.07) is 0. The lowest BCUT2D eigenvalue weighted by molar-refractivity contribution is -0.127. The molecule has 104 valence electrons. The van der Waals surface area contributed by atoms with E-state index < -0.39 is 0 Å². The third kappa shape index (κ3) is 3.74. The fourth-order valence-corrected chi connectivity index (χ4v) is 4.47. The highest BCUT2D eigenvalue weighted by Gasteiger charge is 2.35. The third-order valence-electron chi connectivity index (χ3n) is 4.46. The normalized spacial score (nSPS) is 33.6. The first-order chi connectivity index (χ1) is 8.50. The van der Waals surface area contributed by atoms with Crippen molar-refractivity contribution in [1.82, 2.24) is 4.90 Å². The molecule has 3 heteroatoms. The van der Waals surface area contributed by atoms with Gasteiger partial charge in [-0.3, -0.25) is 4.79 Å². The fourth-order valence-electron chi connectivity index (χ4n) is 3.22. The Bertz CT molecular complexity index is 303. The van der Waals surface area contributed by atoms with Gasteiger partial charge in [0.25, 0.3) is 0 Å². The Morgan fingerprint density at radius 2 is 2.22 bits per heavy atom. The first-order valence-corrected chi connectivity index (χ1v) is 8.42. The summed E-state index contributed by atoms with van der Waals surface area (Å²) in [6.45, 7) is 10.3. The van der Waals surface area contributed by atoms with E-state index in [9.17, 15) is 4.79 Å². The summed E-state index contributed by atoms with van der Waals surface area (Å²) in [6.07, 6.45) is 4.23. The molecule has 2 unspecified atom stereocenters. The zero-order valence-electron chi connectivity index (χ0n) is 12.1. The maximum absolute atomic E-state index is 12.1. The second kappa shape index (κ2) is 5.96. The van der Waals surface area contributed by atoms with Gasteiger partial charge in [0.1, 0.15) is 5.78 Å². The number of Topliss-reactive ketones (excluding diaryl/α,β-unsaturated/α-hetero) is 1. The van der Waals surface area contributed by atoms with E-state index in [2.05, 4.69) is 37.4 Å². The van der Waals surface area contributed by atoms with Crippen LogP contribution in [-0.2, 0) is 4.79 Å². The quantitative estimate of drug-likeness (QED) is 0.784. The van der Waals surface area contributed by atoms with E-state index >= 15 is 0 Å². The lowest BCUT2D eigenvalue weighted by Crippen LogP contribution is -2.44. The number of carbonyl (C=O) groups excluding carboxylic acids is 1. The van der Waals surface area contributed by atoms with Crippen LogP contribution in [0.1, 0.15) is 46.5 Å². The number of hydrogen-bond acceptors (Lipinski definition) is 3. The minimum Gasteiger partial charge on any atom is -0.301 e. The largest absolute Gasteiger partial charge is 0.301 e. The van der Waals surface area contributed by atoms with Gasteiger partial charge in [-0.25, -0.2) is 0 Å². The number of nitrogens with zero attached hydrogens (tertiary/aromatic N) is 1. The first kappa shape index (κ1) is 14.4. The Morgan fingerprint density at radius 3 is 2.94 bits per heavy atom. The maximum Gasteiger partial charge on any atom is 0.137 e. The van der Waals surface area contributed by atoms with Crippen molar-refractivity contribution in [3.63, 3.8) is 0 Å². The summed E-state index contributed by atoms with van der Waals surface area (Å²) in [5, 5.41) is 0.783. The molecule has 0 N–H and O–H groups in total. The van der Waals surface area contributed by atoms with Crippen molar-refractivity contribution in [3.05, 3.63) is 0 Å². The molecule has 2 atom stereocenters. The minimum absolute atomic E-state index is 0.300. The maximum atomic E-state index is 12.1. The van der Waals surface area contributed by atoms with Crippen LogP contribution in [0.25, 0.3) is 0 Å². The van der Waals surface area contributed by atoms with Gasteiger partial charge in [-0.15, -0.1) is 0 Å². The fraction of sp³-hybridized carbons (Fsp3) is 0.933. The molecule has 0 aromatic rings. The third-order valence-corrected chi connectivity index (χ3v) is 5.83. The van der Waals surface area contributed by atoms with Gasteiger partial charge in [0.2, 0.25) is 0 Å². The first-order valence-electron chi connectivity index (χ1n) is 7.37. The molecule has 0 aromatic heterocycles. The van der Waals surface area contributed by atoms with Crippen molar-refractivity contribution >= 4 is 17.5 Å². The van der Waals surface area contributed by atoms with Crippen LogP contribution in [-0.4, -0.2) is 41.3 Å². The van der Waals surface area contributed by atoms with Crippen molar-refractivity contribution in [2.75, 3.05) is 25.4 Å². The molecule has 2 rings (SSSR count). The van der Waals surface area contributed by atoms with E-state index in [1.54, 1.807) is 0 Å². The Balaban J connectivity index is 1.89.